The number of nitrogens with one attached hydrogen (secondary N) is 1. The minimum absolute atomic E-state index is 0.186. The molecule has 0 aliphatic carbocycles. The predicted molar refractivity (Wildman–Crippen MR) is 80.1 cm³/mol. The van der Waals surface area contributed by atoms with Gasteiger partial charge in [-0.15, -0.1) is 12.6 Å². The molecule has 0 fully saturated rings. The van der Waals surface area contributed by atoms with Crippen LogP contribution in [-0.4, -0.2) is 5.91 Å². The predicted octanol–water partition coefficient (Wildman–Crippen LogP) is 4.06. The summed E-state index contributed by atoms with van der Waals surface area (Å²) in [5.41, 5.74) is 1.32. The van der Waals surface area contributed by atoms with Crippen molar-refractivity contribution in [3.8, 4) is 0 Å². The first kappa shape index (κ1) is 14.1. The summed E-state index contributed by atoms with van der Waals surface area (Å²) in [7, 11) is 0. The fraction of sp³-hybridized carbons (Fsp3) is 0.0714. The van der Waals surface area contributed by atoms with Gasteiger partial charge in [0.25, 0.3) is 0 Å². The van der Waals surface area contributed by atoms with E-state index in [9.17, 15) is 9.18 Å². The van der Waals surface area contributed by atoms with Crippen molar-refractivity contribution in [2.24, 2.45) is 0 Å². The van der Waals surface area contributed by atoms with Gasteiger partial charge in [0.1, 0.15) is 5.82 Å². The summed E-state index contributed by atoms with van der Waals surface area (Å²) >= 11 is 7.24. The zero-order valence-electron chi connectivity index (χ0n) is 9.86. The molecule has 0 unspecified atom stereocenters. The highest BCUT2D eigenvalue weighted by atomic mass is 79.9. The first-order valence-corrected chi connectivity index (χ1v) is 6.81. The maximum absolute atomic E-state index is 13.3. The molecule has 2 aromatic rings. The van der Waals surface area contributed by atoms with E-state index < -0.39 is 5.82 Å². The molecule has 0 radical (unpaired) electrons. The molecule has 0 bridgehead atoms. The van der Waals surface area contributed by atoms with Crippen molar-refractivity contribution >= 4 is 40.2 Å². The summed E-state index contributed by atoms with van der Waals surface area (Å²) in [6, 6.07) is 11.8. The standard InChI is InChI=1S/C14H11BrFNOS/c15-12-6-3-10(8-13(12)16)17-14(18)7-9-1-4-11(19)5-2-9/h1-6,8,19H,7H2,(H,17,18). The first-order chi connectivity index (χ1) is 9.04. The van der Waals surface area contributed by atoms with E-state index in [-0.39, 0.29) is 12.3 Å². The van der Waals surface area contributed by atoms with Gasteiger partial charge in [-0.3, -0.25) is 4.79 Å². The summed E-state index contributed by atoms with van der Waals surface area (Å²) in [6.07, 6.45) is 0.242. The summed E-state index contributed by atoms with van der Waals surface area (Å²) in [6.45, 7) is 0. The normalized spacial score (nSPS) is 10.3. The van der Waals surface area contributed by atoms with Gasteiger partial charge in [0.2, 0.25) is 5.91 Å². The molecule has 0 saturated carbocycles. The Balaban J connectivity index is 2.01. The molecule has 0 aromatic heterocycles. The van der Waals surface area contributed by atoms with E-state index in [2.05, 4.69) is 33.9 Å². The Hall–Kier alpha value is -1.33. The number of hydrogen-bond acceptors (Lipinski definition) is 2. The van der Waals surface area contributed by atoms with E-state index in [1.165, 1.54) is 6.07 Å². The highest BCUT2D eigenvalue weighted by molar-refractivity contribution is 9.10. The Morgan fingerprint density at radius 2 is 1.89 bits per heavy atom. The van der Waals surface area contributed by atoms with Crippen LogP contribution in [0.15, 0.2) is 51.8 Å². The van der Waals surface area contributed by atoms with Gasteiger partial charge in [-0.05, 0) is 51.8 Å². The number of anilines is 1. The van der Waals surface area contributed by atoms with Gasteiger partial charge in [-0.1, -0.05) is 12.1 Å². The first-order valence-electron chi connectivity index (χ1n) is 5.57. The Kier molecular flexibility index (Phi) is 4.61. The molecular weight excluding hydrogens is 329 g/mol. The lowest BCUT2D eigenvalue weighted by Crippen LogP contribution is -2.14. The van der Waals surface area contributed by atoms with Gasteiger partial charge in [0, 0.05) is 10.6 Å². The van der Waals surface area contributed by atoms with Crippen LogP contribution in [0.25, 0.3) is 0 Å². The lowest BCUT2D eigenvalue weighted by atomic mass is 10.1. The third-order valence-electron chi connectivity index (χ3n) is 2.50. The average Bonchev–Trinajstić information content (AvgIpc) is 2.37. The van der Waals surface area contributed by atoms with Gasteiger partial charge in [-0.25, -0.2) is 4.39 Å². The SMILES string of the molecule is O=C(Cc1ccc(S)cc1)Nc1ccc(Br)c(F)c1. The average molecular weight is 340 g/mol. The van der Waals surface area contributed by atoms with Crippen molar-refractivity contribution in [3.63, 3.8) is 0 Å². The van der Waals surface area contributed by atoms with Crippen LogP contribution in [0.4, 0.5) is 10.1 Å². The maximum atomic E-state index is 13.3. The Bertz CT molecular complexity index is 601. The fourth-order valence-corrected chi connectivity index (χ4v) is 1.97. The minimum Gasteiger partial charge on any atom is -0.326 e. The molecular formula is C14H11BrFNOS. The van der Waals surface area contributed by atoms with E-state index in [4.69, 9.17) is 0 Å². The Morgan fingerprint density at radius 1 is 1.21 bits per heavy atom. The number of carbonyl (C=O) groups is 1. The molecule has 0 heterocycles. The highest BCUT2D eigenvalue weighted by Crippen LogP contribution is 2.19. The van der Waals surface area contributed by atoms with Crippen LogP contribution in [0.5, 0.6) is 0 Å². The number of thiol groups is 1. The van der Waals surface area contributed by atoms with Crippen LogP contribution in [-0.2, 0) is 11.2 Å². The summed E-state index contributed by atoms with van der Waals surface area (Å²) in [4.78, 5) is 12.6. The zero-order chi connectivity index (χ0) is 13.8. The van der Waals surface area contributed by atoms with Gasteiger partial charge < -0.3 is 5.32 Å². The Morgan fingerprint density at radius 3 is 2.53 bits per heavy atom. The second-order valence-electron chi connectivity index (χ2n) is 4.02. The van der Waals surface area contributed by atoms with Crippen LogP contribution < -0.4 is 5.32 Å². The minimum atomic E-state index is -0.405. The van der Waals surface area contributed by atoms with E-state index in [0.29, 0.717) is 10.2 Å². The Labute approximate surface area is 124 Å². The van der Waals surface area contributed by atoms with Crippen molar-refractivity contribution in [2.45, 2.75) is 11.3 Å². The molecule has 2 aromatic carbocycles. The van der Waals surface area contributed by atoms with Crippen LogP contribution in [0.3, 0.4) is 0 Å². The van der Waals surface area contributed by atoms with Crippen molar-refractivity contribution < 1.29 is 9.18 Å². The highest BCUT2D eigenvalue weighted by Gasteiger charge is 2.06. The monoisotopic (exact) mass is 339 g/mol. The van der Waals surface area contributed by atoms with Gasteiger partial charge in [0.05, 0.1) is 10.9 Å². The molecule has 5 heteroatoms. The number of carbonyl (C=O) groups excluding carboxylic acids is 1. The zero-order valence-corrected chi connectivity index (χ0v) is 12.3. The van der Waals surface area contributed by atoms with Crippen LogP contribution in [0.1, 0.15) is 5.56 Å². The van der Waals surface area contributed by atoms with Crippen LogP contribution in [0.2, 0.25) is 0 Å². The van der Waals surface area contributed by atoms with Crippen molar-refractivity contribution in [1.29, 1.82) is 0 Å². The summed E-state index contributed by atoms with van der Waals surface area (Å²) in [5.74, 6) is -0.592. The molecule has 1 N–H and O–H groups in total. The lowest BCUT2D eigenvalue weighted by Gasteiger charge is -2.06. The van der Waals surface area contributed by atoms with E-state index in [1.54, 1.807) is 12.1 Å². The van der Waals surface area contributed by atoms with Gasteiger partial charge in [0.15, 0.2) is 0 Å². The quantitative estimate of drug-likeness (QED) is 0.811. The number of halogens is 2. The molecule has 0 spiro atoms. The molecule has 19 heavy (non-hydrogen) atoms. The molecule has 1 amide bonds. The molecule has 0 aliphatic rings. The summed E-state index contributed by atoms with van der Waals surface area (Å²) in [5, 5.41) is 2.65. The number of rotatable bonds is 3. The molecule has 0 aliphatic heterocycles. The second-order valence-corrected chi connectivity index (χ2v) is 5.39. The third-order valence-corrected chi connectivity index (χ3v) is 3.45. The molecule has 2 rings (SSSR count). The number of hydrogen-bond donors (Lipinski definition) is 2. The molecule has 98 valence electrons. The number of amides is 1. The van der Waals surface area contributed by atoms with E-state index >= 15 is 0 Å². The van der Waals surface area contributed by atoms with Crippen molar-refractivity contribution in [2.75, 3.05) is 5.32 Å². The van der Waals surface area contributed by atoms with E-state index in [1.807, 2.05) is 24.3 Å². The van der Waals surface area contributed by atoms with Crippen molar-refractivity contribution in [3.05, 3.63) is 58.3 Å². The lowest BCUT2D eigenvalue weighted by molar-refractivity contribution is -0.115. The maximum Gasteiger partial charge on any atom is 0.228 e. The molecule has 0 saturated heterocycles. The van der Waals surface area contributed by atoms with E-state index in [0.717, 1.165) is 10.5 Å². The van der Waals surface area contributed by atoms with Crippen LogP contribution >= 0.6 is 28.6 Å². The smallest absolute Gasteiger partial charge is 0.228 e. The second kappa shape index (κ2) is 6.21. The van der Waals surface area contributed by atoms with Gasteiger partial charge >= 0.3 is 0 Å². The van der Waals surface area contributed by atoms with Crippen LogP contribution in [0, 0.1) is 5.82 Å². The van der Waals surface area contributed by atoms with Gasteiger partial charge in [-0.2, -0.15) is 0 Å². The molecule has 0 atom stereocenters. The van der Waals surface area contributed by atoms with Crippen molar-refractivity contribution in [1.82, 2.24) is 0 Å². The topological polar surface area (TPSA) is 29.1 Å². The summed E-state index contributed by atoms with van der Waals surface area (Å²) < 4.78 is 13.7. The molecule has 2 nitrogen and oxygen atoms in total. The third kappa shape index (κ3) is 4.08. The fourth-order valence-electron chi connectivity index (χ4n) is 1.58. The largest absolute Gasteiger partial charge is 0.326 e. The number of benzene rings is 2.